The Hall–Kier alpha value is -1.88. The maximum Gasteiger partial charge on any atom is 0.273 e. The highest BCUT2D eigenvalue weighted by molar-refractivity contribution is 5.92. The van der Waals surface area contributed by atoms with Crippen LogP contribution in [0.3, 0.4) is 0 Å². The Morgan fingerprint density at radius 2 is 2.19 bits per heavy atom. The number of amides is 1. The summed E-state index contributed by atoms with van der Waals surface area (Å²) in [5.74, 6) is -0.0991. The van der Waals surface area contributed by atoms with E-state index >= 15 is 0 Å². The van der Waals surface area contributed by atoms with Gasteiger partial charge in [-0.2, -0.15) is 0 Å². The Bertz CT molecular complexity index is 530. The first-order valence-corrected chi connectivity index (χ1v) is 5.01. The summed E-state index contributed by atoms with van der Waals surface area (Å²) in [5, 5.41) is 0. The molecule has 0 aromatic carbocycles. The molecular weight excluding hydrogens is 204 g/mol. The lowest BCUT2D eigenvalue weighted by atomic mass is 10.3. The van der Waals surface area contributed by atoms with Crippen molar-refractivity contribution < 1.29 is 4.79 Å². The molecule has 0 saturated carbocycles. The quantitative estimate of drug-likeness (QED) is 0.798. The first kappa shape index (κ1) is 10.6. The van der Waals surface area contributed by atoms with Gasteiger partial charge in [-0.1, -0.05) is 6.07 Å². The van der Waals surface area contributed by atoms with E-state index in [0.29, 0.717) is 12.2 Å². The van der Waals surface area contributed by atoms with Crippen LogP contribution in [0.4, 0.5) is 0 Å². The zero-order valence-corrected chi connectivity index (χ0v) is 9.34. The van der Waals surface area contributed by atoms with E-state index in [1.165, 1.54) is 4.90 Å². The van der Waals surface area contributed by atoms with Gasteiger partial charge < -0.3 is 15.0 Å². The van der Waals surface area contributed by atoms with Gasteiger partial charge in [-0.25, -0.2) is 4.98 Å². The molecule has 2 heterocycles. The number of aromatic nitrogens is 2. The predicted molar refractivity (Wildman–Crippen MR) is 61.1 cm³/mol. The number of rotatable bonds is 2. The van der Waals surface area contributed by atoms with Crippen molar-refractivity contribution in [2.75, 3.05) is 14.1 Å². The molecule has 0 saturated heterocycles. The summed E-state index contributed by atoms with van der Waals surface area (Å²) < 4.78 is 1.82. The molecule has 16 heavy (non-hydrogen) atoms. The standard InChI is InChI=1S/C11H14N4O/c1-14(2)11(16)9-7-15-6-8(5-12)3-4-10(15)13-9/h3-4,6-7H,5,12H2,1-2H3. The maximum atomic E-state index is 11.7. The summed E-state index contributed by atoms with van der Waals surface area (Å²) in [6, 6.07) is 3.76. The number of nitrogens with two attached hydrogens (primary N) is 1. The minimum absolute atomic E-state index is 0.0991. The Labute approximate surface area is 93.5 Å². The molecule has 0 aliphatic rings. The molecule has 0 spiro atoms. The summed E-state index contributed by atoms with van der Waals surface area (Å²) in [6.07, 6.45) is 3.60. The van der Waals surface area contributed by atoms with Crippen LogP contribution in [-0.4, -0.2) is 34.3 Å². The van der Waals surface area contributed by atoms with Crippen molar-refractivity contribution in [3.8, 4) is 0 Å². The van der Waals surface area contributed by atoms with Crippen molar-refractivity contribution in [1.29, 1.82) is 0 Å². The summed E-state index contributed by atoms with van der Waals surface area (Å²) in [7, 11) is 3.41. The molecule has 0 atom stereocenters. The van der Waals surface area contributed by atoms with Crippen LogP contribution in [0.5, 0.6) is 0 Å². The van der Waals surface area contributed by atoms with E-state index in [-0.39, 0.29) is 5.91 Å². The molecule has 0 fully saturated rings. The van der Waals surface area contributed by atoms with Gasteiger partial charge in [-0.15, -0.1) is 0 Å². The van der Waals surface area contributed by atoms with E-state index in [4.69, 9.17) is 5.73 Å². The van der Waals surface area contributed by atoms with E-state index in [1.807, 2.05) is 22.7 Å². The molecule has 0 unspecified atom stereocenters. The van der Waals surface area contributed by atoms with Gasteiger partial charge in [0.15, 0.2) is 0 Å². The Kier molecular flexibility index (Phi) is 2.62. The zero-order chi connectivity index (χ0) is 11.7. The molecule has 0 aliphatic heterocycles. The number of fused-ring (bicyclic) bond motifs is 1. The minimum Gasteiger partial charge on any atom is -0.343 e. The highest BCUT2D eigenvalue weighted by Gasteiger charge is 2.12. The van der Waals surface area contributed by atoms with E-state index in [2.05, 4.69) is 4.98 Å². The van der Waals surface area contributed by atoms with Gasteiger partial charge in [-0.05, 0) is 11.6 Å². The lowest BCUT2D eigenvalue weighted by Crippen LogP contribution is -2.21. The first-order valence-electron chi connectivity index (χ1n) is 5.01. The van der Waals surface area contributed by atoms with Gasteiger partial charge in [0, 0.05) is 33.0 Å². The monoisotopic (exact) mass is 218 g/mol. The molecule has 1 amide bonds. The molecule has 0 bridgehead atoms. The average molecular weight is 218 g/mol. The molecule has 5 heteroatoms. The third-order valence-corrected chi connectivity index (χ3v) is 2.37. The third-order valence-electron chi connectivity index (χ3n) is 2.37. The molecule has 84 valence electrons. The molecule has 2 aromatic heterocycles. The normalized spacial score (nSPS) is 10.7. The molecule has 2 rings (SSSR count). The van der Waals surface area contributed by atoms with Gasteiger partial charge in [0.25, 0.3) is 5.91 Å². The molecule has 0 radical (unpaired) electrons. The van der Waals surface area contributed by atoms with E-state index in [0.717, 1.165) is 11.2 Å². The van der Waals surface area contributed by atoms with Crippen LogP contribution in [0.2, 0.25) is 0 Å². The van der Waals surface area contributed by atoms with Crippen LogP contribution in [-0.2, 0) is 6.54 Å². The molecule has 2 N–H and O–H groups in total. The minimum atomic E-state index is -0.0991. The van der Waals surface area contributed by atoms with Crippen LogP contribution in [0.1, 0.15) is 16.1 Å². The summed E-state index contributed by atoms with van der Waals surface area (Å²) in [4.78, 5) is 17.4. The fourth-order valence-electron chi connectivity index (χ4n) is 1.49. The first-order chi connectivity index (χ1) is 7.61. The topological polar surface area (TPSA) is 63.6 Å². The van der Waals surface area contributed by atoms with Crippen molar-refractivity contribution in [3.63, 3.8) is 0 Å². The van der Waals surface area contributed by atoms with Crippen LogP contribution in [0.25, 0.3) is 5.65 Å². The lowest BCUT2D eigenvalue weighted by Gasteiger charge is -2.06. The van der Waals surface area contributed by atoms with Crippen molar-refractivity contribution in [3.05, 3.63) is 35.8 Å². The van der Waals surface area contributed by atoms with Crippen LogP contribution < -0.4 is 5.73 Å². The van der Waals surface area contributed by atoms with Crippen molar-refractivity contribution >= 4 is 11.6 Å². The number of carbonyl (C=O) groups excluding carboxylic acids is 1. The smallest absolute Gasteiger partial charge is 0.273 e. The Morgan fingerprint density at radius 3 is 2.81 bits per heavy atom. The van der Waals surface area contributed by atoms with Gasteiger partial charge >= 0.3 is 0 Å². The van der Waals surface area contributed by atoms with Gasteiger partial charge in [0.05, 0.1) is 0 Å². The predicted octanol–water partition coefficient (Wildman–Crippen LogP) is 0.495. The molecule has 2 aromatic rings. The highest BCUT2D eigenvalue weighted by Crippen LogP contribution is 2.08. The van der Waals surface area contributed by atoms with Gasteiger partial charge in [0.2, 0.25) is 0 Å². The second kappa shape index (κ2) is 3.94. The zero-order valence-electron chi connectivity index (χ0n) is 9.34. The second-order valence-corrected chi connectivity index (χ2v) is 3.83. The fraction of sp³-hybridized carbons (Fsp3) is 0.273. The Morgan fingerprint density at radius 1 is 1.44 bits per heavy atom. The van der Waals surface area contributed by atoms with Crippen LogP contribution >= 0.6 is 0 Å². The third kappa shape index (κ3) is 1.77. The largest absolute Gasteiger partial charge is 0.343 e. The average Bonchev–Trinajstić information content (AvgIpc) is 2.69. The number of hydrogen-bond donors (Lipinski definition) is 1. The molecule has 0 aliphatic carbocycles. The van der Waals surface area contributed by atoms with Crippen LogP contribution in [0.15, 0.2) is 24.5 Å². The van der Waals surface area contributed by atoms with Crippen molar-refractivity contribution in [1.82, 2.24) is 14.3 Å². The SMILES string of the molecule is CN(C)C(=O)c1cn2cc(CN)ccc2n1. The number of imidazole rings is 1. The fourth-order valence-corrected chi connectivity index (χ4v) is 1.49. The van der Waals surface area contributed by atoms with Crippen LogP contribution in [0, 0.1) is 0 Å². The maximum absolute atomic E-state index is 11.7. The number of carbonyl (C=O) groups is 1. The van der Waals surface area contributed by atoms with Crippen molar-refractivity contribution in [2.45, 2.75) is 6.54 Å². The van der Waals surface area contributed by atoms with E-state index in [9.17, 15) is 4.79 Å². The summed E-state index contributed by atoms with van der Waals surface area (Å²) in [6.45, 7) is 0.477. The number of nitrogens with zero attached hydrogens (tertiary/aromatic N) is 3. The number of pyridine rings is 1. The van der Waals surface area contributed by atoms with Gasteiger partial charge in [-0.3, -0.25) is 4.79 Å². The van der Waals surface area contributed by atoms with E-state index in [1.54, 1.807) is 20.3 Å². The van der Waals surface area contributed by atoms with Crippen molar-refractivity contribution in [2.24, 2.45) is 5.73 Å². The molecule has 5 nitrogen and oxygen atoms in total. The van der Waals surface area contributed by atoms with E-state index < -0.39 is 0 Å². The van der Waals surface area contributed by atoms with Gasteiger partial charge in [0.1, 0.15) is 11.3 Å². The summed E-state index contributed by atoms with van der Waals surface area (Å²) >= 11 is 0. The molecular formula is C11H14N4O. The Balaban J connectivity index is 2.47. The number of hydrogen-bond acceptors (Lipinski definition) is 3. The lowest BCUT2D eigenvalue weighted by molar-refractivity contribution is 0.0822. The second-order valence-electron chi connectivity index (χ2n) is 3.83. The highest BCUT2D eigenvalue weighted by atomic mass is 16.2. The summed E-state index contributed by atoms with van der Waals surface area (Å²) in [5.41, 5.74) is 7.75.